The van der Waals surface area contributed by atoms with Gasteiger partial charge in [0.25, 0.3) is 0 Å². The molecule has 1 aliphatic rings. The predicted molar refractivity (Wildman–Crippen MR) is 100 cm³/mol. The Balaban J connectivity index is 2.19. The van der Waals surface area contributed by atoms with Gasteiger partial charge in [0.2, 0.25) is 0 Å². The van der Waals surface area contributed by atoms with Gasteiger partial charge in [-0.05, 0) is 13.3 Å². The van der Waals surface area contributed by atoms with E-state index in [2.05, 4.69) is 18.8 Å². The van der Waals surface area contributed by atoms with Crippen LogP contribution in [0.15, 0.2) is 11.6 Å². The Hall–Kier alpha value is -1.31. The van der Waals surface area contributed by atoms with Gasteiger partial charge in [-0.1, -0.05) is 70.1 Å². The lowest BCUT2D eigenvalue weighted by molar-refractivity contribution is -0.140. The van der Waals surface area contributed by atoms with Gasteiger partial charge < -0.3 is 14.2 Å². The largest absolute Gasteiger partial charge is 0.456 e. The van der Waals surface area contributed by atoms with Gasteiger partial charge >= 0.3 is 5.97 Å². The molecule has 0 N–H and O–H groups in total. The number of ether oxygens (including phenoxy) is 3. The zero-order valence-electron chi connectivity index (χ0n) is 16.1. The maximum absolute atomic E-state index is 11.8. The molecule has 0 aromatic rings. The van der Waals surface area contributed by atoms with Crippen LogP contribution in [0.3, 0.4) is 0 Å². The van der Waals surface area contributed by atoms with Crippen LogP contribution in [0.2, 0.25) is 0 Å². The summed E-state index contributed by atoms with van der Waals surface area (Å²) in [4.78, 5) is 11.8. The fourth-order valence-electron chi connectivity index (χ4n) is 2.90. The lowest BCUT2D eigenvalue weighted by Crippen LogP contribution is -2.23. The molecular formula is C21H34O4. The molecule has 1 saturated heterocycles. The maximum Gasteiger partial charge on any atom is 0.337 e. The van der Waals surface area contributed by atoms with Crippen molar-refractivity contribution in [2.24, 2.45) is 0 Å². The van der Waals surface area contributed by atoms with E-state index in [1.807, 2.05) is 6.92 Å². The van der Waals surface area contributed by atoms with Crippen LogP contribution in [0.1, 0.15) is 78.1 Å². The molecule has 1 heterocycles. The van der Waals surface area contributed by atoms with E-state index < -0.39 is 6.10 Å². The minimum Gasteiger partial charge on any atom is -0.456 e. The summed E-state index contributed by atoms with van der Waals surface area (Å²) in [5.74, 6) is 5.76. The van der Waals surface area contributed by atoms with Crippen LogP contribution >= 0.6 is 0 Å². The fourth-order valence-corrected chi connectivity index (χ4v) is 2.90. The van der Waals surface area contributed by atoms with Crippen molar-refractivity contribution in [2.75, 3.05) is 13.9 Å². The first-order valence-corrected chi connectivity index (χ1v) is 9.70. The molecule has 0 bridgehead atoms. The van der Waals surface area contributed by atoms with Crippen molar-refractivity contribution in [3.8, 4) is 11.8 Å². The molecule has 1 fully saturated rings. The van der Waals surface area contributed by atoms with E-state index in [1.165, 1.54) is 51.4 Å². The van der Waals surface area contributed by atoms with Crippen LogP contribution in [0.4, 0.5) is 0 Å². The summed E-state index contributed by atoms with van der Waals surface area (Å²) in [7, 11) is 1.55. The molecule has 4 heteroatoms. The molecule has 2 atom stereocenters. The summed E-state index contributed by atoms with van der Waals surface area (Å²) >= 11 is 0. The molecular weight excluding hydrogens is 316 g/mol. The predicted octanol–water partition coefficient (Wildman–Crippen LogP) is 4.77. The summed E-state index contributed by atoms with van der Waals surface area (Å²) in [6.07, 6.45) is 13.6. The molecule has 4 nitrogen and oxygen atoms in total. The topological polar surface area (TPSA) is 44.8 Å². The number of cyclic esters (lactones) is 1. The van der Waals surface area contributed by atoms with Gasteiger partial charge in [0.15, 0.2) is 0 Å². The minimum atomic E-state index is -0.394. The summed E-state index contributed by atoms with van der Waals surface area (Å²) in [6.45, 7) is 4.20. The van der Waals surface area contributed by atoms with Crippen molar-refractivity contribution in [2.45, 2.75) is 90.3 Å². The quantitative estimate of drug-likeness (QED) is 0.167. The molecule has 0 unspecified atom stereocenters. The highest BCUT2D eigenvalue weighted by molar-refractivity contribution is 5.92. The number of hydrogen-bond acceptors (Lipinski definition) is 4. The second-order valence-corrected chi connectivity index (χ2v) is 6.60. The third-order valence-electron chi connectivity index (χ3n) is 4.36. The summed E-state index contributed by atoms with van der Waals surface area (Å²) in [5, 5.41) is 0. The Labute approximate surface area is 153 Å². The maximum atomic E-state index is 11.8. The minimum absolute atomic E-state index is 0.134. The summed E-state index contributed by atoms with van der Waals surface area (Å²) < 4.78 is 15.6. The van der Waals surface area contributed by atoms with Gasteiger partial charge in [0, 0.05) is 19.6 Å². The number of allylic oxidation sites excluding steroid dienone is 1. The van der Waals surface area contributed by atoms with Crippen molar-refractivity contribution in [3.05, 3.63) is 11.6 Å². The smallest absolute Gasteiger partial charge is 0.337 e. The van der Waals surface area contributed by atoms with Crippen LogP contribution in [-0.2, 0) is 19.0 Å². The van der Waals surface area contributed by atoms with Gasteiger partial charge in [0.05, 0.1) is 5.57 Å². The molecule has 0 spiro atoms. The van der Waals surface area contributed by atoms with Gasteiger partial charge in [-0.2, -0.15) is 0 Å². The number of carbonyl (C=O) groups is 1. The first-order valence-electron chi connectivity index (χ1n) is 9.70. The average molecular weight is 350 g/mol. The fraction of sp³-hybridized carbons (Fsp3) is 0.762. The highest BCUT2D eigenvalue weighted by atomic mass is 16.7. The second-order valence-electron chi connectivity index (χ2n) is 6.60. The Morgan fingerprint density at radius 2 is 1.72 bits per heavy atom. The zero-order chi connectivity index (χ0) is 18.3. The molecule has 0 amide bonds. The van der Waals surface area contributed by atoms with Crippen molar-refractivity contribution in [3.63, 3.8) is 0 Å². The van der Waals surface area contributed by atoms with Crippen LogP contribution in [0.25, 0.3) is 0 Å². The highest BCUT2D eigenvalue weighted by Gasteiger charge is 2.37. The van der Waals surface area contributed by atoms with Crippen molar-refractivity contribution in [1.82, 2.24) is 0 Å². The molecule has 1 aliphatic heterocycles. The van der Waals surface area contributed by atoms with Crippen molar-refractivity contribution < 1.29 is 19.0 Å². The summed E-state index contributed by atoms with van der Waals surface area (Å²) in [5.41, 5.74) is 0.490. The third kappa shape index (κ3) is 9.09. The monoisotopic (exact) mass is 350 g/mol. The number of methoxy groups -OCH3 is 1. The lowest BCUT2D eigenvalue weighted by Gasteiger charge is -2.13. The summed E-state index contributed by atoms with van der Waals surface area (Å²) in [6, 6.07) is 0. The standard InChI is InChI=1S/C21H34O4/c1-4-5-6-7-8-9-10-11-12-13-14-15-16-19-20(24-17-23-3)18(2)25-21(19)22/h16,18,20H,4-13,17H2,1-3H3/b19-16-/t18-,20+/m0/s1. The first-order chi connectivity index (χ1) is 12.2. The van der Waals surface area contributed by atoms with E-state index in [9.17, 15) is 4.79 Å². The third-order valence-corrected chi connectivity index (χ3v) is 4.36. The lowest BCUT2D eigenvalue weighted by atomic mass is 10.1. The van der Waals surface area contributed by atoms with E-state index in [0.717, 1.165) is 12.8 Å². The number of rotatable bonds is 12. The highest BCUT2D eigenvalue weighted by Crippen LogP contribution is 2.23. The average Bonchev–Trinajstić information content (AvgIpc) is 2.87. The Morgan fingerprint density at radius 1 is 1.08 bits per heavy atom. The van der Waals surface area contributed by atoms with E-state index in [1.54, 1.807) is 13.2 Å². The number of esters is 1. The number of unbranched alkanes of at least 4 members (excludes halogenated alkanes) is 9. The Kier molecular flexibility index (Phi) is 12.1. The molecule has 0 aliphatic carbocycles. The van der Waals surface area contributed by atoms with Gasteiger partial charge in [0.1, 0.15) is 19.0 Å². The van der Waals surface area contributed by atoms with Crippen LogP contribution < -0.4 is 0 Å². The Bertz CT molecular complexity index is 458. The normalized spacial score (nSPS) is 21.2. The second kappa shape index (κ2) is 13.9. The number of carbonyl (C=O) groups excluding carboxylic acids is 1. The Morgan fingerprint density at radius 3 is 2.36 bits per heavy atom. The van der Waals surface area contributed by atoms with Crippen molar-refractivity contribution >= 4 is 5.97 Å². The SMILES string of the molecule is CCCCCCCCCCCC#C/C=C1\C(=O)O[C@@H](C)[C@H]1OCOC. The van der Waals surface area contributed by atoms with Gasteiger partial charge in [-0.3, -0.25) is 0 Å². The number of hydrogen-bond donors (Lipinski definition) is 0. The molecule has 0 radical (unpaired) electrons. The van der Waals surface area contributed by atoms with Gasteiger partial charge in [-0.25, -0.2) is 4.79 Å². The van der Waals surface area contributed by atoms with E-state index >= 15 is 0 Å². The molecule has 25 heavy (non-hydrogen) atoms. The molecule has 1 rings (SSSR count). The molecule has 0 saturated carbocycles. The molecule has 142 valence electrons. The molecule has 0 aromatic heterocycles. The van der Waals surface area contributed by atoms with E-state index in [-0.39, 0.29) is 18.9 Å². The van der Waals surface area contributed by atoms with E-state index in [4.69, 9.17) is 14.2 Å². The van der Waals surface area contributed by atoms with Crippen LogP contribution in [0.5, 0.6) is 0 Å². The first kappa shape index (κ1) is 21.7. The van der Waals surface area contributed by atoms with E-state index in [0.29, 0.717) is 5.57 Å². The van der Waals surface area contributed by atoms with Crippen LogP contribution in [-0.4, -0.2) is 32.1 Å². The zero-order valence-corrected chi connectivity index (χ0v) is 16.1. The van der Waals surface area contributed by atoms with Crippen molar-refractivity contribution in [1.29, 1.82) is 0 Å². The van der Waals surface area contributed by atoms with Gasteiger partial charge in [-0.15, -0.1) is 0 Å². The molecule has 0 aromatic carbocycles. The van der Waals surface area contributed by atoms with Crippen LogP contribution in [0, 0.1) is 11.8 Å².